The summed E-state index contributed by atoms with van der Waals surface area (Å²) in [5.41, 5.74) is 3.71. The molecule has 1 heterocycles. The Kier molecular flexibility index (Phi) is 4.94. The molecule has 27 heavy (non-hydrogen) atoms. The molecule has 138 valence electrons. The van der Waals surface area contributed by atoms with Crippen molar-refractivity contribution >= 4 is 23.4 Å². The minimum absolute atomic E-state index is 0.0989. The van der Waals surface area contributed by atoms with Crippen LogP contribution in [0.15, 0.2) is 52.1 Å². The van der Waals surface area contributed by atoms with Gasteiger partial charge in [0.15, 0.2) is 0 Å². The van der Waals surface area contributed by atoms with Crippen LogP contribution in [0.2, 0.25) is 0 Å². The number of aromatic nitrogens is 2. The Hall–Kier alpha value is -2.67. The Bertz CT molecular complexity index is 989. The first-order valence-electron chi connectivity index (χ1n) is 8.78. The number of nitrogens with one attached hydrogen (secondary N) is 1. The van der Waals surface area contributed by atoms with Crippen molar-refractivity contribution in [3.8, 4) is 11.5 Å². The van der Waals surface area contributed by atoms with Gasteiger partial charge in [0.1, 0.15) is 5.82 Å². The maximum Gasteiger partial charge on any atom is 0.277 e. The first kappa shape index (κ1) is 17.7. The minimum atomic E-state index is -0.438. The van der Waals surface area contributed by atoms with Crippen molar-refractivity contribution in [2.24, 2.45) is 0 Å². The third-order valence-electron chi connectivity index (χ3n) is 4.52. The lowest BCUT2D eigenvalue weighted by Gasteiger charge is -2.11. The van der Waals surface area contributed by atoms with E-state index in [1.165, 1.54) is 23.6 Å². The Morgan fingerprint density at radius 2 is 2.00 bits per heavy atom. The summed E-state index contributed by atoms with van der Waals surface area (Å²) in [6.07, 6.45) is 3.34. The summed E-state index contributed by atoms with van der Waals surface area (Å²) in [7, 11) is 0. The molecule has 0 saturated heterocycles. The molecule has 0 aliphatic heterocycles. The smallest absolute Gasteiger partial charge is 0.277 e. The van der Waals surface area contributed by atoms with Crippen LogP contribution in [-0.2, 0) is 17.6 Å². The summed E-state index contributed by atoms with van der Waals surface area (Å²) >= 11 is 1.14. The van der Waals surface area contributed by atoms with Crippen LogP contribution in [0.3, 0.4) is 0 Å². The Morgan fingerprint density at radius 1 is 1.19 bits per heavy atom. The van der Waals surface area contributed by atoms with E-state index in [1.54, 1.807) is 25.1 Å². The van der Waals surface area contributed by atoms with E-state index in [0.29, 0.717) is 0 Å². The number of nitrogens with zero attached hydrogens (tertiary/aromatic N) is 2. The second-order valence-corrected chi connectivity index (χ2v) is 7.73. The highest BCUT2D eigenvalue weighted by Crippen LogP contribution is 2.29. The van der Waals surface area contributed by atoms with Gasteiger partial charge in [-0.3, -0.25) is 4.79 Å². The van der Waals surface area contributed by atoms with Crippen molar-refractivity contribution in [2.75, 3.05) is 5.32 Å². The van der Waals surface area contributed by atoms with Gasteiger partial charge in [0, 0.05) is 5.69 Å². The highest BCUT2D eigenvalue weighted by molar-refractivity contribution is 8.00. The lowest BCUT2D eigenvalue weighted by atomic mass is 10.1. The average molecular weight is 383 g/mol. The van der Waals surface area contributed by atoms with Gasteiger partial charge in [-0.1, -0.05) is 30.0 Å². The molecular formula is C20H18FN3O2S. The fourth-order valence-electron chi connectivity index (χ4n) is 3.10. The number of rotatable bonds is 5. The molecular weight excluding hydrogens is 365 g/mol. The van der Waals surface area contributed by atoms with Crippen LogP contribution in [0.25, 0.3) is 11.5 Å². The number of aryl methyl sites for hydroxylation is 2. The van der Waals surface area contributed by atoms with E-state index in [0.717, 1.165) is 30.3 Å². The summed E-state index contributed by atoms with van der Waals surface area (Å²) in [6, 6.07) is 12.2. The van der Waals surface area contributed by atoms with E-state index in [2.05, 4.69) is 21.6 Å². The number of fused-ring (bicyclic) bond motifs is 1. The van der Waals surface area contributed by atoms with Crippen molar-refractivity contribution in [3.63, 3.8) is 0 Å². The molecule has 1 atom stereocenters. The lowest BCUT2D eigenvalue weighted by Crippen LogP contribution is -2.22. The molecule has 0 saturated carbocycles. The molecule has 1 amide bonds. The second-order valence-electron chi connectivity index (χ2n) is 6.44. The zero-order valence-electron chi connectivity index (χ0n) is 14.7. The number of halogens is 1. The molecule has 1 aromatic heterocycles. The first-order valence-corrected chi connectivity index (χ1v) is 9.66. The molecule has 3 aromatic rings. The molecule has 7 heteroatoms. The van der Waals surface area contributed by atoms with Gasteiger partial charge in [0.2, 0.25) is 5.91 Å². The Morgan fingerprint density at radius 3 is 2.85 bits per heavy atom. The summed E-state index contributed by atoms with van der Waals surface area (Å²) < 4.78 is 19.3. The minimum Gasteiger partial charge on any atom is -0.411 e. The molecule has 0 radical (unpaired) electrons. The molecule has 4 rings (SSSR count). The highest BCUT2D eigenvalue weighted by Gasteiger charge is 2.20. The lowest BCUT2D eigenvalue weighted by molar-refractivity contribution is -0.115. The molecule has 5 nitrogen and oxygen atoms in total. The van der Waals surface area contributed by atoms with Gasteiger partial charge >= 0.3 is 0 Å². The number of carbonyl (C=O) groups excluding carboxylic acids is 1. The predicted molar refractivity (Wildman–Crippen MR) is 102 cm³/mol. The number of hydrogen-bond acceptors (Lipinski definition) is 5. The van der Waals surface area contributed by atoms with Gasteiger partial charge < -0.3 is 9.73 Å². The summed E-state index contributed by atoms with van der Waals surface area (Å²) in [5, 5.41) is 10.5. The summed E-state index contributed by atoms with van der Waals surface area (Å²) in [5.74, 6) is -0.481. The number of benzene rings is 2. The summed E-state index contributed by atoms with van der Waals surface area (Å²) in [6.45, 7) is 1.76. The Labute approximate surface area is 160 Å². The standard InChI is InChI=1S/C20H18FN3O2S/c1-12(18(25)22-15-10-9-13-5-4-6-14(13)11-15)27-20-24-23-19(26-20)16-7-2-3-8-17(16)21/h2-3,7-12H,4-6H2,1H3,(H,22,25)/t12-/m1/s1. The number of amides is 1. The zero-order valence-corrected chi connectivity index (χ0v) is 15.6. The van der Waals surface area contributed by atoms with Gasteiger partial charge in [-0.25, -0.2) is 4.39 Å². The van der Waals surface area contributed by atoms with Crippen LogP contribution >= 0.6 is 11.8 Å². The van der Waals surface area contributed by atoms with Crippen LogP contribution in [-0.4, -0.2) is 21.4 Å². The first-order chi connectivity index (χ1) is 13.1. The van der Waals surface area contributed by atoms with Crippen LogP contribution in [0, 0.1) is 5.82 Å². The van der Waals surface area contributed by atoms with Crippen molar-refractivity contribution < 1.29 is 13.6 Å². The third-order valence-corrected chi connectivity index (χ3v) is 5.46. The fourth-order valence-corrected chi connectivity index (χ4v) is 3.78. The van der Waals surface area contributed by atoms with Gasteiger partial charge in [0.05, 0.1) is 10.8 Å². The quantitative estimate of drug-likeness (QED) is 0.658. The summed E-state index contributed by atoms with van der Waals surface area (Å²) in [4.78, 5) is 12.5. The van der Waals surface area contributed by atoms with Gasteiger partial charge in [-0.05, 0) is 61.6 Å². The van der Waals surface area contributed by atoms with Crippen LogP contribution in [0.5, 0.6) is 0 Å². The van der Waals surface area contributed by atoms with E-state index in [9.17, 15) is 9.18 Å². The molecule has 0 spiro atoms. The van der Waals surface area contributed by atoms with E-state index in [1.807, 2.05) is 12.1 Å². The molecule has 1 aliphatic rings. The maximum atomic E-state index is 13.8. The van der Waals surface area contributed by atoms with Crippen molar-refractivity contribution in [1.82, 2.24) is 10.2 Å². The second kappa shape index (κ2) is 7.52. The average Bonchev–Trinajstić information content (AvgIpc) is 3.31. The van der Waals surface area contributed by atoms with E-state index in [-0.39, 0.29) is 22.6 Å². The highest BCUT2D eigenvalue weighted by atomic mass is 32.2. The van der Waals surface area contributed by atoms with Crippen LogP contribution < -0.4 is 5.32 Å². The monoisotopic (exact) mass is 383 g/mol. The maximum absolute atomic E-state index is 13.8. The van der Waals surface area contributed by atoms with Gasteiger partial charge in [-0.2, -0.15) is 0 Å². The Balaban J connectivity index is 1.41. The SMILES string of the molecule is C[C@@H](Sc1nnc(-c2ccccc2F)o1)C(=O)Nc1ccc2c(c1)CCC2. The van der Waals surface area contributed by atoms with E-state index in [4.69, 9.17) is 4.42 Å². The van der Waals surface area contributed by atoms with Crippen LogP contribution in [0.1, 0.15) is 24.5 Å². The molecule has 0 bridgehead atoms. The molecule has 1 N–H and O–H groups in total. The number of carbonyl (C=O) groups is 1. The van der Waals surface area contributed by atoms with Crippen molar-refractivity contribution in [3.05, 3.63) is 59.4 Å². The third kappa shape index (κ3) is 3.88. The predicted octanol–water partition coefficient (Wildman–Crippen LogP) is 4.48. The zero-order chi connectivity index (χ0) is 18.8. The van der Waals surface area contributed by atoms with Crippen molar-refractivity contribution in [2.45, 2.75) is 36.7 Å². The number of anilines is 1. The topological polar surface area (TPSA) is 68.0 Å². The number of hydrogen-bond donors (Lipinski definition) is 1. The molecule has 2 aromatic carbocycles. The van der Waals surface area contributed by atoms with Crippen molar-refractivity contribution in [1.29, 1.82) is 0 Å². The van der Waals surface area contributed by atoms with Gasteiger partial charge in [0.25, 0.3) is 11.1 Å². The fraction of sp³-hybridized carbons (Fsp3) is 0.250. The molecule has 1 aliphatic carbocycles. The molecule has 0 unspecified atom stereocenters. The number of thioether (sulfide) groups is 1. The van der Waals surface area contributed by atoms with Crippen LogP contribution in [0.4, 0.5) is 10.1 Å². The normalized spacial score (nSPS) is 14.0. The molecule has 0 fully saturated rings. The van der Waals surface area contributed by atoms with E-state index >= 15 is 0 Å². The van der Waals surface area contributed by atoms with Gasteiger partial charge in [-0.15, -0.1) is 10.2 Å². The van der Waals surface area contributed by atoms with E-state index < -0.39 is 11.1 Å². The largest absolute Gasteiger partial charge is 0.411 e.